The average molecular weight is 535 g/mol. The number of fused-ring (bicyclic) bond motifs is 8. The minimum atomic E-state index is -0.343. The smallest absolute Gasteiger partial charge is 0.0691 e. The van der Waals surface area contributed by atoms with Gasteiger partial charge in [0.25, 0.3) is 0 Å². The third-order valence-electron chi connectivity index (χ3n) is 13.9. The number of hydrogen-bond donors (Lipinski definition) is 1. The van der Waals surface area contributed by atoms with Crippen LogP contribution in [0.2, 0.25) is 0 Å². The summed E-state index contributed by atoms with van der Waals surface area (Å²) in [5, 5.41) is 12.6. The molecule has 0 spiro atoms. The molecule has 0 saturated heterocycles. The van der Waals surface area contributed by atoms with E-state index in [4.69, 9.17) is 0 Å². The molecule has 7 unspecified atom stereocenters. The van der Waals surface area contributed by atoms with Gasteiger partial charge in [-0.3, -0.25) is 0 Å². The standard InChI is InChI=1S/C39H50O/c1-22-29-18-26(36(29,4)5)19-30(22)39(21-27-20-31(24(39)3)37(27,6)7)33-23(2)32-28(34(35(33)40)38(32,8)9)17-13-16-25-14-11-10-12-15-25/h10-17,26-27,30,33-35,40H,18-21H2,1-9H3. The average Bonchev–Trinajstić information content (AvgIpc) is 2.88. The maximum Gasteiger partial charge on any atom is 0.0691 e. The van der Waals surface area contributed by atoms with Gasteiger partial charge in [0, 0.05) is 17.3 Å². The number of allylic oxidation sites excluding steroid dienone is 7. The zero-order valence-electron chi connectivity index (χ0n) is 26.4. The SMILES string of the molecule is CC1=C2CC(CC1C1(C3C(C)=C4C(=CC=Cc5ccccc5)C(C3O)C4(C)C)CC3CC(=C1C)C3(C)C)C2(C)C. The van der Waals surface area contributed by atoms with Crippen molar-refractivity contribution in [2.45, 2.75) is 94.1 Å². The van der Waals surface area contributed by atoms with Crippen molar-refractivity contribution in [1.29, 1.82) is 0 Å². The summed E-state index contributed by atoms with van der Waals surface area (Å²) >= 11 is 0. The first-order chi connectivity index (χ1) is 18.8. The number of aliphatic hydroxyl groups excluding tert-OH is 1. The van der Waals surface area contributed by atoms with Crippen molar-refractivity contribution >= 4 is 6.08 Å². The van der Waals surface area contributed by atoms with E-state index in [1.54, 1.807) is 22.3 Å². The highest BCUT2D eigenvalue weighted by Gasteiger charge is 2.68. The quantitative estimate of drug-likeness (QED) is 0.381. The molecule has 1 heteroatoms. The predicted octanol–water partition coefficient (Wildman–Crippen LogP) is 9.72. The van der Waals surface area contributed by atoms with Crippen LogP contribution in [0.15, 0.2) is 81.5 Å². The minimum absolute atomic E-state index is 0.0235. The molecular weight excluding hydrogens is 484 g/mol. The van der Waals surface area contributed by atoms with Gasteiger partial charge < -0.3 is 5.11 Å². The Hall–Kier alpha value is -2.12. The van der Waals surface area contributed by atoms with Crippen molar-refractivity contribution in [2.24, 2.45) is 51.2 Å². The highest BCUT2D eigenvalue weighted by atomic mass is 16.3. The molecule has 1 aromatic carbocycles. The second kappa shape index (κ2) is 8.25. The Bertz CT molecular complexity index is 1440. The van der Waals surface area contributed by atoms with Crippen LogP contribution in [-0.2, 0) is 0 Å². The number of rotatable bonds is 4. The molecule has 0 heterocycles. The van der Waals surface area contributed by atoms with Crippen LogP contribution in [0.5, 0.6) is 0 Å². The van der Waals surface area contributed by atoms with Crippen LogP contribution in [0.4, 0.5) is 0 Å². The fraction of sp³-hybridized carbons (Fsp3) is 0.590. The molecule has 3 saturated carbocycles. The Labute approximate surface area is 243 Å². The normalized spacial score (nSPS) is 41.2. The zero-order valence-corrected chi connectivity index (χ0v) is 26.4. The van der Waals surface area contributed by atoms with Crippen LogP contribution in [0.25, 0.3) is 6.08 Å². The van der Waals surface area contributed by atoms with Gasteiger partial charge in [-0.15, -0.1) is 0 Å². The highest BCUT2D eigenvalue weighted by molar-refractivity contribution is 5.62. The van der Waals surface area contributed by atoms with E-state index in [9.17, 15) is 5.11 Å². The molecule has 40 heavy (non-hydrogen) atoms. The Morgan fingerprint density at radius 2 is 1.43 bits per heavy atom. The van der Waals surface area contributed by atoms with E-state index >= 15 is 0 Å². The number of hydrogen-bond acceptors (Lipinski definition) is 1. The monoisotopic (exact) mass is 534 g/mol. The molecule has 6 bridgehead atoms. The lowest BCUT2D eigenvalue weighted by Crippen LogP contribution is -2.64. The van der Waals surface area contributed by atoms with Crippen LogP contribution < -0.4 is 0 Å². The Kier molecular flexibility index (Phi) is 5.52. The first kappa shape index (κ1) is 26.8. The molecule has 1 aromatic rings. The summed E-state index contributed by atoms with van der Waals surface area (Å²) in [7, 11) is 0. The predicted molar refractivity (Wildman–Crippen MR) is 167 cm³/mol. The first-order valence-electron chi connectivity index (χ1n) is 16.0. The lowest BCUT2D eigenvalue weighted by Gasteiger charge is -2.70. The summed E-state index contributed by atoms with van der Waals surface area (Å²) in [5.74, 6) is 2.49. The van der Waals surface area contributed by atoms with Crippen molar-refractivity contribution in [1.82, 2.24) is 0 Å². The molecule has 1 N–H and O–H groups in total. The van der Waals surface area contributed by atoms with Gasteiger partial charge in [0.15, 0.2) is 0 Å². The second-order valence-corrected chi connectivity index (χ2v) is 16.2. The fourth-order valence-corrected chi connectivity index (χ4v) is 11.5. The second-order valence-electron chi connectivity index (χ2n) is 16.2. The van der Waals surface area contributed by atoms with E-state index < -0.39 is 0 Å². The molecule has 9 aliphatic rings. The van der Waals surface area contributed by atoms with Crippen LogP contribution in [0.1, 0.15) is 93.6 Å². The van der Waals surface area contributed by atoms with Crippen molar-refractivity contribution < 1.29 is 5.11 Å². The summed E-state index contributed by atoms with van der Waals surface area (Å²) in [5.41, 5.74) is 13.2. The molecule has 0 radical (unpaired) electrons. The van der Waals surface area contributed by atoms with Crippen molar-refractivity contribution in [3.05, 3.63) is 87.1 Å². The van der Waals surface area contributed by atoms with Gasteiger partial charge in [-0.2, -0.15) is 0 Å². The maximum absolute atomic E-state index is 12.6. The molecular formula is C39H50O. The third-order valence-corrected chi connectivity index (χ3v) is 13.9. The lowest BCUT2D eigenvalue weighted by molar-refractivity contribution is -0.0937. The lowest BCUT2D eigenvalue weighted by atomic mass is 9.35. The molecule has 9 aliphatic carbocycles. The summed E-state index contributed by atoms with van der Waals surface area (Å²) in [6.07, 6.45) is 11.5. The molecule has 3 fully saturated rings. The maximum atomic E-state index is 12.6. The van der Waals surface area contributed by atoms with Gasteiger partial charge in [-0.25, -0.2) is 0 Å². The zero-order chi connectivity index (χ0) is 28.6. The van der Waals surface area contributed by atoms with Gasteiger partial charge in [0.2, 0.25) is 0 Å². The first-order valence-corrected chi connectivity index (χ1v) is 16.0. The molecule has 10 rings (SSSR count). The molecule has 1 nitrogen and oxygen atoms in total. The topological polar surface area (TPSA) is 20.2 Å². The Morgan fingerprint density at radius 1 is 0.775 bits per heavy atom. The Morgan fingerprint density at radius 3 is 2.00 bits per heavy atom. The molecule has 0 aliphatic heterocycles. The van der Waals surface area contributed by atoms with Crippen molar-refractivity contribution in [3.8, 4) is 0 Å². The summed E-state index contributed by atoms with van der Waals surface area (Å²) in [6, 6.07) is 10.6. The largest absolute Gasteiger partial charge is 0.392 e. The van der Waals surface area contributed by atoms with Crippen molar-refractivity contribution in [2.75, 3.05) is 0 Å². The van der Waals surface area contributed by atoms with E-state index in [1.165, 1.54) is 48.0 Å². The summed E-state index contributed by atoms with van der Waals surface area (Å²) < 4.78 is 0. The van der Waals surface area contributed by atoms with E-state index in [-0.39, 0.29) is 28.8 Å². The summed E-state index contributed by atoms with van der Waals surface area (Å²) in [4.78, 5) is 0. The van der Waals surface area contributed by atoms with Gasteiger partial charge in [0.05, 0.1) is 6.10 Å². The summed E-state index contributed by atoms with van der Waals surface area (Å²) in [6.45, 7) is 22.1. The van der Waals surface area contributed by atoms with Crippen LogP contribution in [0.3, 0.4) is 0 Å². The van der Waals surface area contributed by atoms with Gasteiger partial charge in [-0.1, -0.05) is 118 Å². The van der Waals surface area contributed by atoms with Gasteiger partial charge in [0.1, 0.15) is 0 Å². The van der Waals surface area contributed by atoms with E-state index in [1.807, 2.05) is 0 Å². The van der Waals surface area contributed by atoms with Gasteiger partial charge >= 0.3 is 0 Å². The molecule has 0 amide bonds. The van der Waals surface area contributed by atoms with E-state index in [0.29, 0.717) is 16.7 Å². The Balaban J connectivity index is 1.37. The van der Waals surface area contributed by atoms with E-state index in [0.717, 1.165) is 11.8 Å². The number of aliphatic hydroxyl groups is 1. The number of benzene rings is 1. The molecule has 7 atom stereocenters. The fourth-order valence-electron chi connectivity index (χ4n) is 11.5. The van der Waals surface area contributed by atoms with Crippen LogP contribution in [-0.4, -0.2) is 11.2 Å². The third kappa shape index (κ3) is 3.09. The minimum Gasteiger partial charge on any atom is -0.392 e. The molecule has 0 aromatic heterocycles. The van der Waals surface area contributed by atoms with E-state index in [2.05, 4.69) is 111 Å². The van der Waals surface area contributed by atoms with Crippen LogP contribution >= 0.6 is 0 Å². The molecule has 212 valence electrons. The highest BCUT2D eigenvalue weighted by Crippen LogP contribution is 2.75. The van der Waals surface area contributed by atoms with Crippen LogP contribution in [0, 0.1) is 51.2 Å². The van der Waals surface area contributed by atoms with Crippen molar-refractivity contribution in [3.63, 3.8) is 0 Å². The van der Waals surface area contributed by atoms with Gasteiger partial charge in [-0.05, 0) is 97.2 Å².